The Balaban J connectivity index is 1.87. The van der Waals surface area contributed by atoms with Crippen molar-refractivity contribution in [3.63, 3.8) is 0 Å². The van der Waals surface area contributed by atoms with Crippen molar-refractivity contribution in [1.29, 1.82) is 0 Å². The summed E-state index contributed by atoms with van der Waals surface area (Å²) in [5.41, 5.74) is 0.934. The number of anilines is 2. The molecule has 3 rings (SSSR count). The number of nitrogens with one attached hydrogen (secondary N) is 1. The predicted octanol–water partition coefficient (Wildman–Crippen LogP) is 3.27. The number of aromatic carboxylic acids is 1. The Kier molecular flexibility index (Phi) is 5.06. The molecule has 0 atom stereocenters. The van der Waals surface area contributed by atoms with Gasteiger partial charge in [0.1, 0.15) is 5.75 Å². The van der Waals surface area contributed by atoms with Crippen LogP contribution in [-0.2, 0) is 11.3 Å². The van der Waals surface area contributed by atoms with Crippen LogP contribution in [0.4, 0.5) is 15.8 Å². The van der Waals surface area contributed by atoms with E-state index >= 15 is 0 Å². The normalized spacial score (nSPS) is 13.8. The van der Waals surface area contributed by atoms with Crippen molar-refractivity contribution >= 4 is 23.3 Å². The van der Waals surface area contributed by atoms with Gasteiger partial charge in [0.05, 0.1) is 18.4 Å². The molecule has 1 fully saturated rings. The highest BCUT2D eigenvalue weighted by Crippen LogP contribution is 2.30. The summed E-state index contributed by atoms with van der Waals surface area (Å²) in [6, 6.07) is 10.1. The van der Waals surface area contributed by atoms with E-state index in [0.717, 1.165) is 11.3 Å². The van der Waals surface area contributed by atoms with Gasteiger partial charge in [-0.1, -0.05) is 12.1 Å². The van der Waals surface area contributed by atoms with Crippen molar-refractivity contribution in [2.45, 2.75) is 19.4 Å². The minimum absolute atomic E-state index is 0.00429. The average Bonchev–Trinajstić information content (AvgIpc) is 3.06. The van der Waals surface area contributed by atoms with Gasteiger partial charge in [0.25, 0.3) is 0 Å². The maximum atomic E-state index is 14.6. The number of carbonyl (C=O) groups is 2. The lowest BCUT2D eigenvalue weighted by Crippen LogP contribution is -2.25. The van der Waals surface area contributed by atoms with Gasteiger partial charge in [0, 0.05) is 25.2 Å². The molecule has 0 spiro atoms. The van der Waals surface area contributed by atoms with Crippen LogP contribution in [0.2, 0.25) is 0 Å². The molecule has 0 unspecified atom stereocenters. The SMILES string of the molecule is COc1ccc(CNc2cc(C(=O)O)c(F)c(N3CCCC3=O)c2)cc1. The second kappa shape index (κ2) is 7.43. The molecule has 0 aliphatic carbocycles. The van der Waals surface area contributed by atoms with Crippen LogP contribution in [0.15, 0.2) is 36.4 Å². The van der Waals surface area contributed by atoms with Gasteiger partial charge in [-0.05, 0) is 36.2 Å². The number of carboxylic acid groups (broad SMARTS) is 1. The van der Waals surface area contributed by atoms with Gasteiger partial charge in [-0.15, -0.1) is 0 Å². The molecule has 7 heteroatoms. The van der Waals surface area contributed by atoms with E-state index in [-0.39, 0.29) is 11.6 Å². The standard InChI is InChI=1S/C19H19FN2O4/c1-26-14-6-4-12(5-7-14)11-21-13-9-15(19(24)25)18(20)16(10-13)22-8-2-3-17(22)23/h4-7,9-10,21H,2-3,8,11H2,1H3,(H,24,25). The Morgan fingerprint density at radius 2 is 2.04 bits per heavy atom. The Labute approximate surface area is 150 Å². The van der Waals surface area contributed by atoms with E-state index in [1.807, 2.05) is 24.3 Å². The van der Waals surface area contributed by atoms with Gasteiger partial charge in [0.15, 0.2) is 5.82 Å². The zero-order valence-corrected chi connectivity index (χ0v) is 14.3. The summed E-state index contributed by atoms with van der Waals surface area (Å²) in [6.45, 7) is 0.804. The van der Waals surface area contributed by atoms with Crippen LogP contribution in [0.5, 0.6) is 5.75 Å². The number of amides is 1. The Morgan fingerprint density at radius 1 is 1.31 bits per heavy atom. The molecule has 2 N–H and O–H groups in total. The zero-order chi connectivity index (χ0) is 18.7. The highest BCUT2D eigenvalue weighted by atomic mass is 19.1. The predicted molar refractivity (Wildman–Crippen MR) is 95.3 cm³/mol. The third-order valence-electron chi connectivity index (χ3n) is 4.30. The van der Waals surface area contributed by atoms with Gasteiger partial charge in [-0.3, -0.25) is 4.79 Å². The van der Waals surface area contributed by atoms with Crippen LogP contribution in [0.25, 0.3) is 0 Å². The first-order chi connectivity index (χ1) is 12.5. The molecule has 136 valence electrons. The lowest BCUT2D eigenvalue weighted by Gasteiger charge is -2.19. The number of carbonyl (C=O) groups excluding carboxylic acids is 1. The Hall–Kier alpha value is -3.09. The minimum atomic E-state index is -1.37. The molecule has 1 heterocycles. The van der Waals surface area contributed by atoms with Gasteiger partial charge >= 0.3 is 5.97 Å². The summed E-state index contributed by atoms with van der Waals surface area (Å²) >= 11 is 0. The molecular weight excluding hydrogens is 339 g/mol. The molecule has 1 amide bonds. The van der Waals surface area contributed by atoms with Crippen molar-refractivity contribution in [2.24, 2.45) is 0 Å². The molecule has 0 radical (unpaired) electrons. The summed E-state index contributed by atoms with van der Waals surface area (Å²) in [7, 11) is 1.58. The Morgan fingerprint density at radius 3 is 2.62 bits per heavy atom. The number of hydrogen-bond donors (Lipinski definition) is 2. The minimum Gasteiger partial charge on any atom is -0.497 e. The van der Waals surface area contributed by atoms with E-state index in [0.29, 0.717) is 31.6 Å². The molecule has 2 aromatic carbocycles. The lowest BCUT2D eigenvalue weighted by atomic mass is 10.1. The molecule has 1 saturated heterocycles. The maximum Gasteiger partial charge on any atom is 0.338 e. The summed E-state index contributed by atoms with van der Waals surface area (Å²) < 4.78 is 19.7. The molecule has 2 aromatic rings. The molecule has 0 saturated carbocycles. The monoisotopic (exact) mass is 358 g/mol. The van der Waals surface area contributed by atoms with Crippen molar-refractivity contribution in [2.75, 3.05) is 23.9 Å². The van der Waals surface area contributed by atoms with Gasteiger partial charge in [-0.25, -0.2) is 9.18 Å². The van der Waals surface area contributed by atoms with Crippen molar-refractivity contribution in [3.05, 3.63) is 53.3 Å². The van der Waals surface area contributed by atoms with Crippen molar-refractivity contribution in [1.82, 2.24) is 0 Å². The van der Waals surface area contributed by atoms with Gasteiger partial charge in [0.2, 0.25) is 5.91 Å². The number of ether oxygens (including phenoxy) is 1. The highest BCUT2D eigenvalue weighted by Gasteiger charge is 2.27. The maximum absolute atomic E-state index is 14.6. The fraction of sp³-hybridized carbons (Fsp3) is 0.263. The number of halogens is 1. The number of rotatable bonds is 6. The fourth-order valence-electron chi connectivity index (χ4n) is 2.91. The largest absolute Gasteiger partial charge is 0.497 e. The topological polar surface area (TPSA) is 78.9 Å². The molecular formula is C19H19FN2O4. The number of hydrogen-bond acceptors (Lipinski definition) is 4. The van der Waals surface area contributed by atoms with E-state index < -0.39 is 17.3 Å². The van der Waals surface area contributed by atoms with Crippen LogP contribution in [0, 0.1) is 5.82 Å². The molecule has 1 aliphatic rings. The quantitative estimate of drug-likeness (QED) is 0.829. The van der Waals surface area contributed by atoms with E-state index in [9.17, 15) is 19.1 Å². The van der Waals surface area contributed by atoms with Crippen molar-refractivity contribution in [3.8, 4) is 5.75 Å². The summed E-state index contributed by atoms with van der Waals surface area (Å²) in [5.74, 6) is -1.72. The smallest absolute Gasteiger partial charge is 0.338 e. The van der Waals surface area contributed by atoms with Crippen LogP contribution in [0.1, 0.15) is 28.8 Å². The van der Waals surface area contributed by atoms with Crippen molar-refractivity contribution < 1.29 is 23.8 Å². The third-order valence-corrected chi connectivity index (χ3v) is 4.30. The second-order valence-corrected chi connectivity index (χ2v) is 6.01. The van der Waals surface area contributed by atoms with Gasteiger partial charge < -0.3 is 20.1 Å². The summed E-state index contributed by atoms with van der Waals surface area (Å²) in [5, 5.41) is 12.4. The lowest BCUT2D eigenvalue weighted by molar-refractivity contribution is -0.117. The Bertz CT molecular complexity index is 836. The summed E-state index contributed by atoms with van der Waals surface area (Å²) in [6.07, 6.45) is 0.968. The second-order valence-electron chi connectivity index (χ2n) is 6.01. The number of benzene rings is 2. The molecule has 0 bridgehead atoms. The molecule has 0 aromatic heterocycles. The zero-order valence-electron chi connectivity index (χ0n) is 14.3. The first-order valence-corrected chi connectivity index (χ1v) is 8.23. The van der Waals surface area contributed by atoms with E-state index in [1.54, 1.807) is 7.11 Å². The van der Waals surface area contributed by atoms with Crippen LogP contribution in [0.3, 0.4) is 0 Å². The third kappa shape index (κ3) is 3.61. The fourth-order valence-corrected chi connectivity index (χ4v) is 2.91. The van der Waals surface area contributed by atoms with Crippen LogP contribution in [-0.4, -0.2) is 30.6 Å². The molecule has 26 heavy (non-hydrogen) atoms. The van der Waals surface area contributed by atoms with Crippen LogP contribution >= 0.6 is 0 Å². The number of carboxylic acids is 1. The first kappa shape index (κ1) is 17.7. The number of nitrogens with zero attached hydrogens (tertiary/aromatic N) is 1. The first-order valence-electron chi connectivity index (χ1n) is 8.23. The van der Waals surface area contributed by atoms with Gasteiger partial charge in [-0.2, -0.15) is 0 Å². The molecule has 1 aliphatic heterocycles. The van der Waals surface area contributed by atoms with E-state index in [1.165, 1.54) is 17.0 Å². The highest BCUT2D eigenvalue weighted by molar-refractivity contribution is 5.98. The molecule has 6 nitrogen and oxygen atoms in total. The van der Waals surface area contributed by atoms with Crippen LogP contribution < -0.4 is 15.0 Å². The van der Waals surface area contributed by atoms with E-state index in [4.69, 9.17) is 4.74 Å². The van der Waals surface area contributed by atoms with E-state index in [2.05, 4.69) is 5.32 Å². The average molecular weight is 358 g/mol. The number of methoxy groups -OCH3 is 1. The summed E-state index contributed by atoms with van der Waals surface area (Å²) in [4.78, 5) is 24.6.